The molecule has 2 nitrogen and oxygen atoms in total. The van der Waals surface area contributed by atoms with E-state index in [2.05, 4.69) is 18.4 Å². The Morgan fingerprint density at radius 3 is 2.62 bits per heavy atom. The van der Waals surface area contributed by atoms with Gasteiger partial charge in [-0.25, -0.2) is 0 Å². The summed E-state index contributed by atoms with van der Waals surface area (Å²) < 4.78 is 5.48. The van der Waals surface area contributed by atoms with E-state index < -0.39 is 0 Å². The first-order valence-corrected chi connectivity index (χ1v) is 8.54. The number of aryl methyl sites for hydroxylation is 1. The molecule has 0 aliphatic heterocycles. The van der Waals surface area contributed by atoms with Crippen molar-refractivity contribution in [3.8, 4) is 5.75 Å². The highest BCUT2D eigenvalue weighted by Crippen LogP contribution is 2.43. The van der Waals surface area contributed by atoms with Gasteiger partial charge < -0.3 is 10.1 Å². The predicted octanol–water partition coefficient (Wildman–Crippen LogP) is 4.84. The molecule has 1 fully saturated rings. The highest BCUT2D eigenvalue weighted by molar-refractivity contribution is 6.30. The average Bonchev–Trinajstić information content (AvgIpc) is 2.52. The van der Waals surface area contributed by atoms with Crippen molar-refractivity contribution >= 4 is 11.6 Å². The summed E-state index contributed by atoms with van der Waals surface area (Å²) >= 11 is 6.15. The van der Waals surface area contributed by atoms with E-state index in [0.29, 0.717) is 5.41 Å². The van der Waals surface area contributed by atoms with Crippen molar-refractivity contribution in [1.29, 1.82) is 0 Å². The molecule has 0 amide bonds. The van der Waals surface area contributed by atoms with Crippen LogP contribution in [-0.2, 0) is 6.42 Å². The normalized spacial score (nSPS) is 17.7. The smallest absolute Gasteiger partial charge is 0.122 e. The number of ether oxygens (including phenoxy) is 1. The van der Waals surface area contributed by atoms with E-state index in [1.54, 1.807) is 7.11 Å². The lowest BCUT2D eigenvalue weighted by Gasteiger charge is -2.38. The number of halogens is 1. The van der Waals surface area contributed by atoms with Crippen LogP contribution in [0.3, 0.4) is 0 Å². The molecule has 1 saturated carbocycles. The van der Waals surface area contributed by atoms with Gasteiger partial charge in [0, 0.05) is 5.02 Å². The Kier molecular flexibility index (Phi) is 6.38. The molecule has 1 aliphatic carbocycles. The first-order chi connectivity index (χ1) is 10.2. The fraction of sp³-hybridized carbons (Fsp3) is 0.667. The maximum Gasteiger partial charge on any atom is 0.122 e. The van der Waals surface area contributed by atoms with Crippen molar-refractivity contribution in [1.82, 2.24) is 5.32 Å². The summed E-state index contributed by atoms with van der Waals surface area (Å²) in [5.74, 6) is 0.971. The molecular formula is C18H28ClNO. The van der Waals surface area contributed by atoms with Crippen molar-refractivity contribution in [2.45, 2.75) is 51.4 Å². The summed E-state index contributed by atoms with van der Waals surface area (Å²) in [5.41, 5.74) is 1.76. The SMILES string of the molecule is CNCCC1(CCc2cc(Cl)ccc2OC)CCCCC1. The molecule has 0 heterocycles. The molecule has 0 atom stereocenters. The molecule has 1 aromatic carbocycles. The van der Waals surface area contributed by atoms with Crippen molar-refractivity contribution in [2.75, 3.05) is 20.7 Å². The minimum atomic E-state index is 0.509. The number of benzene rings is 1. The summed E-state index contributed by atoms with van der Waals surface area (Å²) in [5, 5.41) is 4.13. The van der Waals surface area contributed by atoms with Crippen LogP contribution in [0.1, 0.15) is 50.5 Å². The van der Waals surface area contributed by atoms with Gasteiger partial charge in [0.1, 0.15) is 5.75 Å². The molecule has 21 heavy (non-hydrogen) atoms. The maximum atomic E-state index is 6.15. The molecule has 0 unspecified atom stereocenters. The minimum Gasteiger partial charge on any atom is -0.496 e. The quantitative estimate of drug-likeness (QED) is 0.778. The molecule has 1 aromatic rings. The van der Waals surface area contributed by atoms with Crippen LogP contribution < -0.4 is 10.1 Å². The third kappa shape index (κ3) is 4.62. The Morgan fingerprint density at radius 2 is 1.95 bits per heavy atom. The fourth-order valence-corrected chi connectivity index (χ4v) is 3.85. The number of hydrogen-bond donors (Lipinski definition) is 1. The van der Waals surface area contributed by atoms with Gasteiger partial charge in [-0.05, 0) is 74.9 Å². The second-order valence-electron chi connectivity index (χ2n) is 6.37. The molecule has 1 N–H and O–H groups in total. The van der Waals surface area contributed by atoms with Gasteiger partial charge in [-0.3, -0.25) is 0 Å². The standard InChI is InChI=1S/C18H28ClNO/c1-20-13-12-18(9-4-3-5-10-18)11-8-15-14-16(19)6-7-17(15)21-2/h6-7,14,20H,3-5,8-13H2,1-2H3. The number of methoxy groups -OCH3 is 1. The Balaban J connectivity index is 2.05. The van der Waals surface area contributed by atoms with Crippen LogP contribution >= 0.6 is 11.6 Å². The first kappa shape index (κ1) is 16.6. The Labute approximate surface area is 134 Å². The number of hydrogen-bond acceptors (Lipinski definition) is 2. The zero-order valence-corrected chi connectivity index (χ0v) is 14.1. The van der Waals surface area contributed by atoms with Crippen LogP contribution in [0.25, 0.3) is 0 Å². The van der Waals surface area contributed by atoms with E-state index in [-0.39, 0.29) is 0 Å². The number of rotatable bonds is 7. The van der Waals surface area contributed by atoms with Crippen LogP contribution in [0, 0.1) is 5.41 Å². The Hall–Kier alpha value is -0.730. The summed E-state index contributed by atoms with van der Waals surface area (Å²) in [6.45, 7) is 1.12. The molecule has 0 bridgehead atoms. The maximum absolute atomic E-state index is 6.15. The Bertz CT molecular complexity index is 441. The van der Waals surface area contributed by atoms with Crippen molar-refractivity contribution in [2.24, 2.45) is 5.41 Å². The molecule has 2 rings (SSSR count). The van der Waals surface area contributed by atoms with Gasteiger partial charge in [0.25, 0.3) is 0 Å². The molecule has 0 saturated heterocycles. The van der Waals surface area contributed by atoms with Crippen LogP contribution in [0.5, 0.6) is 5.75 Å². The summed E-state index contributed by atoms with van der Waals surface area (Å²) in [6, 6.07) is 5.95. The zero-order chi connectivity index (χ0) is 15.1. The lowest BCUT2D eigenvalue weighted by Crippen LogP contribution is -2.29. The van der Waals surface area contributed by atoms with Crippen molar-refractivity contribution in [3.63, 3.8) is 0 Å². The van der Waals surface area contributed by atoms with Gasteiger partial charge in [-0.15, -0.1) is 0 Å². The lowest BCUT2D eigenvalue weighted by molar-refractivity contribution is 0.157. The van der Waals surface area contributed by atoms with Crippen LogP contribution in [0.15, 0.2) is 18.2 Å². The predicted molar refractivity (Wildman–Crippen MR) is 90.4 cm³/mol. The molecule has 1 aliphatic rings. The van der Waals surface area contributed by atoms with E-state index in [9.17, 15) is 0 Å². The summed E-state index contributed by atoms with van der Waals surface area (Å²) in [6.07, 6.45) is 10.5. The first-order valence-electron chi connectivity index (χ1n) is 8.16. The number of nitrogens with one attached hydrogen (secondary N) is 1. The fourth-order valence-electron chi connectivity index (χ4n) is 3.66. The molecular weight excluding hydrogens is 282 g/mol. The third-order valence-electron chi connectivity index (χ3n) is 4.99. The van der Waals surface area contributed by atoms with Gasteiger partial charge in [0.2, 0.25) is 0 Å². The third-order valence-corrected chi connectivity index (χ3v) is 5.22. The van der Waals surface area contributed by atoms with E-state index >= 15 is 0 Å². The van der Waals surface area contributed by atoms with Gasteiger partial charge in [-0.1, -0.05) is 30.9 Å². The monoisotopic (exact) mass is 309 g/mol. The van der Waals surface area contributed by atoms with Crippen LogP contribution in [0.4, 0.5) is 0 Å². The van der Waals surface area contributed by atoms with E-state index in [1.165, 1.54) is 50.5 Å². The van der Waals surface area contributed by atoms with Crippen molar-refractivity contribution in [3.05, 3.63) is 28.8 Å². The second kappa shape index (κ2) is 8.05. The Morgan fingerprint density at radius 1 is 1.19 bits per heavy atom. The molecule has 0 aromatic heterocycles. The zero-order valence-electron chi connectivity index (χ0n) is 13.4. The summed E-state index contributed by atoms with van der Waals surface area (Å²) in [7, 11) is 3.79. The molecule has 3 heteroatoms. The van der Waals surface area contributed by atoms with Crippen molar-refractivity contribution < 1.29 is 4.74 Å². The van der Waals surface area contributed by atoms with E-state index in [0.717, 1.165) is 23.7 Å². The lowest BCUT2D eigenvalue weighted by atomic mass is 9.68. The largest absolute Gasteiger partial charge is 0.496 e. The van der Waals surface area contributed by atoms with E-state index in [1.807, 2.05) is 12.1 Å². The molecule has 0 radical (unpaired) electrons. The average molecular weight is 310 g/mol. The van der Waals surface area contributed by atoms with Gasteiger partial charge in [0.15, 0.2) is 0 Å². The molecule has 0 spiro atoms. The summed E-state index contributed by atoms with van der Waals surface area (Å²) in [4.78, 5) is 0. The van der Waals surface area contributed by atoms with Gasteiger partial charge in [-0.2, -0.15) is 0 Å². The van der Waals surface area contributed by atoms with E-state index in [4.69, 9.17) is 16.3 Å². The van der Waals surface area contributed by atoms with Gasteiger partial charge in [0.05, 0.1) is 7.11 Å². The molecule has 118 valence electrons. The topological polar surface area (TPSA) is 21.3 Å². The minimum absolute atomic E-state index is 0.509. The van der Waals surface area contributed by atoms with Crippen LogP contribution in [-0.4, -0.2) is 20.7 Å². The van der Waals surface area contributed by atoms with Crippen LogP contribution in [0.2, 0.25) is 5.02 Å². The highest BCUT2D eigenvalue weighted by atomic mass is 35.5. The second-order valence-corrected chi connectivity index (χ2v) is 6.81. The van der Waals surface area contributed by atoms with Gasteiger partial charge >= 0.3 is 0 Å². The highest BCUT2D eigenvalue weighted by Gasteiger charge is 2.31.